The Hall–Kier alpha value is -1.38. The van der Waals surface area contributed by atoms with Gasteiger partial charge in [-0.3, -0.25) is 4.79 Å². The summed E-state index contributed by atoms with van der Waals surface area (Å²) >= 11 is 0. The summed E-state index contributed by atoms with van der Waals surface area (Å²) in [5.41, 5.74) is 0. The molecule has 0 aromatic heterocycles. The zero-order valence-corrected chi connectivity index (χ0v) is 16.9. The number of hydrogen-bond donors (Lipinski definition) is 2. The highest BCUT2D eigenvalue weighted by molar-refractivity contribution is 5.84. The van der Waals surface area contributed by atoms with E-state index in [4.69, 9.17) is 14.2 Å². The van der Waals surface area contributed by atoms with Gasteiger partial charge >= 0.3 is 0 Å². The molecule has 2 saturated heterocycles. The summed E-state index contributed by atoms with van der Waals surface area (Å²) in [6.45, 7) is 6.60. The Bertz CT molecular complexity index is 447. The molecule has 2 aliphatic rings. The predicted octanol–water partition coefficient (Wildman–Crippen LogP) is 0.480. The highest BCUT2D eigenvalue weighted by Crippen LogP contribution is 2.14. The van der Waals surface area contributed by atoms with Crippen LogP contribution in [0.25, 0.3) is 0 Å². The number of carbonyl (C=O) groups excluding carboxylic acids is 1. The second kappa shape index (κ2) is 12.9. The van der Waals surface area contributed by atoms with Crippen LogP contribution in [0.1, 0.15) is 25.7 Å². The van der Waals surface area contributed by atoms with E-state index in [0.29, 0.717) is 17.8 Å². The van der Waals surface area contributed by atoms with Gasteiger partial charge in [0, 0.05) is 66.1 Å². The monoisotopic (exact) mass is 384 g/mol. The van der Waals surface area contributed by atoms with E-state index in [2.05, 4.69) is 15.6 Å². The highest BCUT2D eigenvalue weighted by Gasteiger charge is 2.16. The zero-order valence-electron chi connectivity index (χ0n) is 16.9. The number of rotatable bonds is 10. The maximum Gasteiger partial charge on any atom is 0.243 e. The first-order valence-corrected chi connectivity index (χ1v) is 10.1. The molecule has 156 valence electrons. The highest BCUT2D eigenvalue weighted by atomic mass is 16.5. The van der Waals surface area contributed by atoms with Gasteiger partial charge in [-0.05, 0) is 31.6 Å². The molecule has 1 unspecified atom stereocenters. The van der Waals surface area contributed by atoms with Gasteiger partial charge in [0.25, 0.3) is 0 Å². The van der Waals surface area contributed by atoms with Crippen molar-refractivity contribution in [2.24, 2.45) is 16.8 Å². The molecule has 8 heteroatoms. The number of aliphatic imine (C=N–C) groups is 1. The first kappa shape index (κ1) is 21.9. The molecule has 1 atom stereocenters. The minimum Gasteiger partial charge on any atom is -0.381 e. The van der Waals surface area contributed by atoms with Crippen molar-refractivity contribution < 1.29 is 19.0 Å². The van der Waals surface area contributed by atoms with Crippen molar-refractivity contribution in [3.05, 3.63) is 0 Å². The second-order valence-corrected chi connectivity index (χ2v) is 7.47. The molecule has 8 nitrogen and oxygen atoms in total. The van der Waals surface area contributed by atoms with Gasteiger partial charge in [-0.2, -0.15) is 0 Å². The molecule has 0 saturated carbocycles. The lowest BCUT2D eigenvalue weighted by atomic mass is 10.0. The minimum absolute atomic E-state index is 0.0138. The number of ether oxygens (including phenoxy) is 3. The maximum atomic E-state index is 11.8. The fourth-order valence-electron chi connectivity index (χ4n) is 2.99. The van der Waals surface area contributed by atoms with Crippen molar-refractivity contribution >= 4 is 11.9 Å². The van der Waals surface area contributed by atoms with Crippen LogP contribution in [0.15, 0.2) is 4.99 Å². The second-order valence-electron chi connectivity index (χ2n) is 7.47. The van der Waals surface area contributed by atoms with Gasteiger partial charge in [0.05, 0.1) is 6.61 Å². The lowest BCUT2D eigenvalue weighted by molar-refractivity contribution is -0.127. The lowest BCUT2D eigenvalue weighted by Gasteiger charge is -2.21. The van der Waals surface area contributed by atoms with E-state index < -0.39 is 0 Å². The van der Waals surface area contributed by atoms with E-state index >= 15 is 0 Å². The molecule has 27 heavy (non-hydrogen) atoms. The summed E-state index contributed by atoms with van der Waals surface area (Å²) in [4.78, 5) is 17.7. The van der Waals surface area contributed by atoms with E-state index in [9.17, 15) is 4.79 Å². The predicted molar refractivity (Wildman–Crippen MR) is 105 cm³/mol. The number of carbonyl (C=O) groups is 1. The van der Waals surface area contributed by atoms with Gasteiger partial charge in [0.2, 0.25) is 5.91 Å². The fourth-order valence-corrected chi connectivity index (χ4v) is 2.99. The summed E-state index contributed by atoms with van der Waals surface area (Å²) in [5.74, 6) is 1.81. The van der Waals surface area contributed by atoms with Crippen LogP contribution in [-0.4, -0.2) is 90.1 Å². The Morgan fingerprint density at radius 3 is 2.56 bits per heavy atom. The Kier molecular flexibility index (Phi) is 10.5. The molecular formula is C19H36N4O4. The minimum atomic E-state index is -0.0138. The van der Waals surface area contributed by atoms with Crippen LogP contribution in [0, 0.1) is 11.8 Å². The third kappa shape index (κ3) is 9.39. The van der Waals surface area contributed by atoms with Crippen LogP contribution in [0.2, 0.25) is 0 Å². The van der Waals surface area contributed by atoms with Crippen LogP contribution < -0.4 is 10.6 Å². The zero-order chi connectivity index (χ0) is 19.3. The summed E-state index contributed by atoms with van der Waals surface area (Å²) in [5, 5.41) is 6.64. The largest absolute Gasteiger partial charge is 0.381 e. The third-order valence-electron chi connectivity index (χ3n) is 4.91. The normalized spacial score (nSPS) is 21.3. The van der Waals surface area contributed by atoms with E-state index in [0.717, 1.165) is 78.4 Å². The average molecular weight is 385 g/mol. The maximum absolute atomic E-state index is 11.8. The molecule has 2 aliphatic heterocycles. The van der Waals surface area contributed by atoms with Gasteiger partial charge in [-0.15, -0.1) is 0 Å². The van der Waals surface area contributed by atoms with Gasteiger partial charge in [-0.25, -0.2) is 4.99 Å². The number of nitrogens with zero attached hydrogens (tertiary/aromatic N) is 2. The summed E-state index contributed by atoms with van der Waals surface area (Å²) < 4.78 is 16.6. The molecule has 0 aromatic carbocycles. The van der Waals surface area contributed by atoms with E-state index in [1.54, 1.807) is 19.0 Å². The molecule has 0 aliphatic carbocycles. The molecule has 2 fully saturated rings. The SMILES string of the molecule is CN(C)C(=O)CN=C(NCCCOCC1CCOCC1)NCC1CCOC1. The van der Waals surface area contributed by atoms with Crippen molar-refractivity contribution in [3.8, 4) is 0 Å². The van der Waals surface area contributed by atoms with Crippen LogP contribution >= 0.6 is 0 Å². The van der Waals surface area contributed by atoms with Crippen molar-refractivity contribution in [2.75, 3.05) is 73.4 Å². The fraction of sp³-hybridized carbons (Fsp3) is 0.895. The number of amides is 1. The van der Waals surface area contributed by atoms with Crippen LogP contribution in [-0.2, 0) is 19.0 Å². The van der Waals surface area contributed by atoms with Crippen LogP contribution in [0.5, 0.6) is 0 Å². The first-order valence-electron chi connectivity index (χ1n) is 10.1. The van der Waals surface area contributed by atoms with Gasteiger partial charge in [-0.1, -0.05) is 0 Å². The van der Waals surface area contributed by atoms with E-state index in [-0.39, 0.29) is 12.5 Å². The molecule has 0 aromatic rings. The third-order valence-corrected chi connectivity index (χ3v) is 4.91. The summed E-state index contributed by atoms with van der Waals surface area (Å²) in [6, 6.07) is 0. The number of guanidine groups is 1. The van der Waals surface area contributed by atoms with Gasteiger partial charge < -0.3 is 29.7 Å². The van der Waals surface area contributed by atoms with Crippen molar-refractivity contribution in [1.82, 2.24) is 15.5 Å². The van der Waals surface area contributed by atoms with Gasteiger partial charge in [0.1, 0.15) is 6.54 Å². The van der Waals surface area contributed by atoms with Crippen LogP contribution in [0.3, 0.4) is 0 Å². The van der Waals surface area contributed by atoms with Crippen LogP contribution in [0.4, 0.5) is 0 Å². The summed E-state index contributed by atoms with van der Waals surface area (Å²) in [7, 11) is 3.48. The van der Waals surface area contributed by atoms with Gasteiger partial charge in [0.15, 0.2) is 5.96 Å². The Morgan fingerprint density at radius 1 is 1.11 bits per heavy atom. The topological polar surface area (TPSA) is 84.4 Å². The smallest absolute Gasteiger partial charge is 0.243 e. The molecule has 1 amide bonds. The molecule has 2 rings (SSSR count). The standard InChI is InChI=1S/C19H36N4O4/c1-23(2)18(24)13-22-19(21-12-17-6-11-27-15-17)20-7-3-8-26-14-16-4-9-25-10-5-16/h16-17H,3-15H2,1-2H3,(H2,20,21,22). The molecule has 0 radical (unpaired) electrons. The number of nitrogens with one attached hydrogen (secondary N) is 2. The Morgan fingerprint density at radius 2 is 1.85 bits per heavy atom. The quantitative estimate of drug-likeness (QED) is 0.324. The van der Waals surface area contributed by atoms with E-state index in [1.165, 1.54) is 0 Å². The summed E-state index contributed by atoms with van der Waals surface area (Å²) in [6.07, 6.45) is 4.17. The average Bonchev–Trinajstić information content (AvgIpc) is 3.20. The Labute approximate surface area is 163 Å². The molecule has 2 N–H and O–H groups in total. The molecular weight excluding hydrogens is 348 g/mol. The number of hydrogen-bond acceptors (Lipinski definition) is 5. The van der Waals surface area contributed by atoms with Crippen molar-refractivity contribution in [2.45, 2.75) is 25.7 Å². The molecule has 0 bridgehead atoms. The van der Waals surface area contributed by atoms with E-state index in [1.807, 2.05) is 0 Å². The van der Waals surface area contributed by atoms with Crippen molar-refractivity contribution in [3.63, 3.8) is 0 Å². The first-order chi connectivity index (χ1) is 13.1. The van der Waals surface area contributed by atoms with Crippen molar-refractivity contribution in [1.29, 1.82) is 0 Å². The molecule has 0 spiro atoms. The molecule has 2 heterocycles. The lowest BCUT2D eigenvalue weighted by Crippen LogP contribution is -2.41. The number of likely N-dealkylation sites (N-methyl/N-ethyl adjacent to an activating group) is 1. The Balaban J connectivity index is 1.63.